The highest BCUT2D eigenvalue weighted by atomic mass is 32.2. The number of fused-ring (bicyclic) bond motifs is 1. The molecule has 0 spiro atoms. The van der Waals surface area contributed by atoms with Crippen molar-refractivity contribution in [1.29, 1.82) is 0 Å². The molecule has 130 valence electrons. The summed E-state index contributed by atoms with van der Waals surface area (Å²) in [6.45, 7) is 0. The summed E-state index contributed by atoms with van der Waals surface area (Å²) in [6, 6.07) is 14.9. The average molecular weight is 358 g/mol. The van der Waals surface area contributed by atoms with Crippen molar-refractivity contribution < 1.29 is 18.3 Å². The molecule has 0 radical (unpaired) electrons. The summed E-state index contributed by atoms with van der Waals surface area (Å²) < 4.78 is 27.0. The lowest BCUT2D eigenvalue weighted by atomic mass is 10.1. The molecule has 0 aliphatic heterocycles. The molecular weight excluding hydrogens is 340 g/mol. The third-order valence-electron chi connectivity index (χ3n) is 3.92. The van der Waals surface area contributed by atoms with Gasteiger partial charge in [-0.2, -0.15) is 0 Å². The second-order valence-corrected chi connectivity index (χ2v) is 7.57. The van der Waals surface area contributed by atoms with Gasteiger partial charge >= 0.3 is 5.97 Å². The fraction of sp³-hybridized carbons (Fsp3) is 0.167. The molecule has 3 aromatic rings. The van der Waals surface area contributed by atoms with Gasteiger partial charge in [0.2, 0.25) is 10.0 Å². The number of sulfonamides is 1. The summed E-state index contributed by atoms with van der Waals surface area (Å²) in [5, 5.41) is 10.3. The van der Waals surface area contributed by atoms with Gasteiger partial charge in [-0.15, -0.1) is 0 Å². The van der Waals surface area contributed by atoms with Gasteiger partial charge in [-0.05, 0) is 17.2 Å². The highest BCUT2D eigenvalue weighted by Gasteiger charge is 2.25. The van der Waals surface area contributed by atoms with Crippen molar-refractivity contribution in [2.24, 2.45) is 0 Å². The molecule has 25 heavy (non-hydrogen) atoms. The number of carbonyl (C=O) groups is 1. The van der Waals surface area contributed by atoms with Gasteiger partial charge in [0.15, 0.2) is 0 Å². The highest BCUT2D eigenvalue weighted by molar-refractivity contribution is 7.88. The number of benzene rings is 2. The van der Waals surface area contributed by atoms with Crippen LogP contribution in [0.1, 0.15) is 11.1 Å². The van der Waals surface area contributed by atoms with Gasteiger partial charge < -0.3 is 10.1 Å². The summed E-state index contributed by atoms with van der Waals surface area (Å²) in [4.78, 5) is 14.6. The summed E-state index contributed by atoms with van der Waals surface area (Å²) in [7, 11) is -3.78. The van der Waals surface area contributed by atoms with Gasteiger partial charge in [0.25, 0.3) is 0 Å². The molecule has 1 heterocycles. The van der Waals surface area contributed by atoms with E-state index in [0.717, 1.165) is 16.5 Å². The molecule has 0 amide bonds. The van der Waals surface area contributed by atoms with Crippen molar-refractivity contribution in [3.05, 3.63) is 71.9 Å². The fourth-order valence-electron chi connectivity index (χ4n) is 2.75. The zero-order chi connectivity index (χ0) is 17.9. The number of aromatic amines is 1. The standard InChI is InChI=1S/C18H18N2O4S/c21-18(22)17(10-14-11-19-16-9-5-4-8-15(14)16)20-25(23,24)12-13-6-2-1-3-7-13/h1-9,11,17,19-20H,10,12H2,(H,21,22)/t17-/m1/s1. The second kappa shape index (κ2) is 7.08. The van der Waals surface area contributed by atoms with E-state index in [4.69, 9.17) is 0 Å². The van der Waals surface area contributed by atoms with Crippen LogP contribution in [0.25, 0.3) is 10.9 Å². The van der Waals surface area contributed by atoms with Crippen molar-refractivity contribution in [3.63, 3.8) is 0 Å². The maximum atomic E-state index is 12.3. The van der Waals surface area contributed by atoms with E-state index in [2.05, 4.69) is 9.71 Å². The molecule has 1 aromatic heterocycles. The first kappa shape index (κ1) is 17.2. The fourth-order valence-corrected chi connectivity index (χ4v) is 4.08. The van der Waals surface area contributed by atoms with E-state index in [1.54, 1.807) is 36.5 Å². The molecule has 2 aromatic carbocycles. The summed E-state index contributed by atoms with van der Waals surface area (Å²) >= 11 is 0. The van der Waals surface area contributed by atoms with Gasteiger partial charge in [0.05, 0.1) is 5.75 Å². The summed E-state index contributed by atoms with van der Waals surface area (Å²) in [5.41, 5.74) is 2.24. The van der Waals surface area contributed by atoms with Crippen molar-refractivity contribution in [2.45, 2.75) is 18.2 Å². The van der Waals surface area contributed by atoms with Gasteiger partial charge in [0.1, 0.15) is 6.04 Å². The minimum atomic E-state index is -3.78. The van der Waals surface area contributed by atoms with E-state index < -0.39 is 22.0 Å². The Labute approximate surface area is 145 Å². The number of nitrogens with one attached hydrogen (secondary N) is 2. The monoisotopic (exact) mass is 358 g/mol. The first-order valence-corrected chi connectivity index (χ1v) is 9.41. The van der Waals surface area contributed by atoms with Crippen LogP contribution in [0.2, 0.25) is 0 Å². The zero-order valence-electron chi connectivity index (χ0n) is 13.3. The first-order valence-electron chi connectivity index (χ1n) is 7.76. The average Bonchev–Trinajstić information content (AvgIpc) is 2.98. The Kier molecular flexibility index (Phi) is 4.87. The van der Waals surface area contributed by atoms with E-state index >= 15 is 0 Å². The molecule has 0 fully saturated rings. The number of para-hydroxylation sites is 1. The second-order valence-electron chi connectivity index (χ2n) is 5.82. The predicted octanol–water partition coefficient (Wildman–Crippen LogP) is 2.28. The molecule has 1 atom stereocenters. The Morgan fingerprint density at radius 1 is 1.08 bits per heavy atom. The molecule has 0 unspecified atom stereocenters. The SMILES string of the molecule is O=C(O)[C@@H](Cc1c[nH]c2ccccc12)NS(=O)(=O)Cc1ccccc1. The van der Waals surface area contributed by atoms with Crippen molar-refractivity contribution in [3.8, 4) is 0 Å². The number of carboxylic acid groups (broad SMARTS) is 1. The van der Waals surface area contributed by atoms with Crippen LogP contribution in [0.4, 0.5) is 0 Å². The van der Waals surface area contributed by atoms with E-state index in [9.17, 15) is 18.3 Å². The van der Waals surface area contributed by atoms with Crippen LogP contribution in [0.5, 0.6) is 0 Å². The molecule has 3 rings (SSSR count). The molecule has 0 aliphatic rings. The lowest BCUT2D eigenvalue weighted by molar-refractivity contribution is -0.138. The van der Waals surface area contributed by atoms with Gasteiger partial charge in [-0.25, -0.2) is 13.1 Å². The number of aromatic nitrogens is 1. The molecule has 0 aliphatic carbocycles. The molecule has 0 saturated carbocycles. The number of hydrogen-bond donors (Lipinski definition) is 3. The van der Waals surface area contributed by atoms with Gasteiger partial charge in [-0.3, -0.25) is 4.79 Å². The third-order valence-corrected chi connectivity index (χ3v) is 5.28. The van der Waals surface area contributed by atoms with Crippen LogP contribution < -0.4 is 4.72 Å². The first-order chi connectivity index (χ1) is 11.9. The molecule has 7 heteroatoms. The van der Waals surface area contributed by atoms with Crippen LogP contribution in [-0.4, -0.2) is 30.5 Å². The Morgan fingerprint density at radius 2 is 1.76 bits per heavy atom. The van der Waals surface area contributed by atoms with Crippen LogP contribution in [-0.2, 0) is 27.0 Å². The van der Waals surface area contributed by atoms with Gasteiger partial charge in [-0.1, -0.05) is 48.5 Å². The molecule has 0 bridgehead atoms. The van der Waals surface area contributed by atoms with Crippen LogP contribution in [0, 0.1) is 0 Å². The van der Waals surface area contributed by atoms with Crippen LogP contribution >= 0.6 is 0 Å². The normalized spacial score (nSPS) is 13.0. The van der Waals surface area contributed by atoms with Crippen LogP contribution in [0.15, 0.2) is 60.8 Å². The maximum Gasteiger partial charge on any atom is 0.322 e. The lowest BCUT2D eigenvalue weighted by Crippen LogP contribution is -2.42. The minimum absolute atomic E-state index is 0.0629. The number of aliphatic carboxylic acids is 1. The van der Waals surface area contributed by atoms with Crippen molar-refractivity contribution in [1.82, 2.24) is 9.71 Å². The van der Waals surface area contributed by atoms with Gasteiger partial charge in [0, 0.05) is 23.5 Å². The minimum Gasteiger partial charge on any atom is -0.480 e. The predicted molar refractivity (Wildman–Crippen MR) is 95.6 cm³/mol. The van der Waals surface area contributed by atoms with Crippen molar-refractivity contribution >= 4 is 26.9 Å². The summed E-state index contributed by atoms with van der Waals surface area (Å²) in [6.07, 6.45) is 1.78. The van der Waals surface area contributed by atoms with E-state index in [0.29, 0.717) is 5.56 Å². The number of H-pyrrole nitrogens is 1. The van der Waals surface area contributed by atoms with Crippen LogP contribution in [0.3, 0.4) is 0 Å². The Morgan fingerprint density at radius 3 is 2.48 bits per heavy atom. The number of carboxylic acids is 1. The Balaban J connectivity index is 1.78. The zero-order valence-corrected chi connectivity index (χ0v) is 14.2. The largest absolute Gasteiger partial charge is 0.480 e. The van der Waals surface area contributed by atoms with E-state index in [1.807, 2.05) is 24.3 Å². The quantitative estimate of drug-likeness (QED) is 0.603. The third kappa shape index (κ3) is 4.26. The topological polar surface area (TPSA) is 99.3 Å². The smallest absolute Gasteiger partial charge is 0.322 e. The van der Waals surface area contributed by atoms with Crippen molar-refractivity contribution in [2.75, 3.05) is 0 Å². The Bertz CT molecular complexity index is 980. The number of rotatable bonds is 7. The molecule has 3 N–H and O–H groups in total. The molecule has 6 nitrogen and oxygen atoms in total. The maximum absolute atomic E-state index is 12.3. The highest BCUT2D eigenvalue weighted by Crippen LogP contribution is 2.19. The molecule has 0 saturated heterocycles. The summed E-state index contributed by atoms with van der Waals surface area (Å²) in [5.74, 6) is -1.46. The lowest BCUT2D eigenvalue weighted by Gasteiger charge is -2.14. The number of hydrogen-bond acceptors (Lipinski definition) is 3. The molecular formula is C18H18N2O4S. The Hall–Kier alpha value is -2.64. The van der Waals surface area contributed by atoms with E-state index in [1.165, 1.54) is 0 Å². The van der Waals surface area contributed by atoms with E-state index in [-0.39, 0.29) is 12.2 Å².